The summed E-state index contributed by atoms with van der Waals surface area (Å²) >= 11 is 23.5. The van der Waals surface area contributed by atoms with E-state index in [9.17, 15) is 0 Å². The summed E-state index contributed by atoms with van der Waals surface area (Å²) in [6.07, 6.45) is 7.60. The fraction of sp³-hybridized carbons (Fsp3) is 0.500. The number of imidazole rings is 2. The van der Waals surface area contributed by atoms with Gasteiger partial charge in [0, 0.05) is 13.1 Å². The second-order valence-corrected chi connectivity index (χ2v) is 5.89. The molecular formula is C12H14Cl4N4. The third-order valence-electron chi connectivity index (χ3n) is 3.01. The second kappa shape index (κ2) is 7.55. The van der Waals surface area contributed by atoms with Crippen LogP contribution in [0.3, 0.4) is 0 Å². The van der Waals surface area contributed by atoms with Crippen LogP contribution in [0, 0.1) is 0 Å². The number of aromatic nitrogens is 4. The lowest BCUT2D eigenvalue weighted by Gasteiger charge is -2.05. The van der Waals surface area contributed by atoms with E-state index in [1.165, 1.54) is 0 Å². The number of hydrogen-bond donors (Lipinski definition) is 0. The van der Waals surface area contributed by atoms with Crippen molar-refractivity contribution in [1.29, 1.82) is 0 Å². The van der Waals surface area contributed by atoms with E-state index in [0.29, 0.717) is 20.6 Å². The molecule has 2 aromatic heterocycles. The number of unbranched alkanes of at least 4 members (excludes halogenated alkanes) is 3. The highest BCUT2D eigenvalue weighted by atomic mass is 35.5. The highest BCUT2D eigenvalue weighted by Gasteiger charge is 2.06. The van der Waals surface area contributed by atoms with Crippen molar-refractivity contribution in [2.75, 3.05) is 0 Å². The fourth-order valence-electron chi connectivity index (χ4n) is 1.92. The van der Waals surface area contributed by atoms with Crippen LogP contribution in [-0.2, 0) is 13.1 Å². The molecule has 0 aliphatic carbocycles. The van der Waals surface area contributed by atoms with Gasteiger partial charge in [-0.1, -0.05) is 59.2 Å². The predicted molar refractivity (Wildman–Crippen MR) is 83.0 cm³/mol. The summed E-state index contributed by atoms with van der Waals surface area (Å²) in [5.41, 5.74) is 0. The summed E-state index contributed by atoms with van der Waals surface area (Å²) in [4.78, 5) is 7.88. The Morgan fingerprint density at radius 3 is 1.40 bits per heavy atom. The normalized spacial score (nSPS) is 11.2. The Labute approximate surface area is 137 Å². The van der Waals surface area contributed by atoms with Gasteiger partial charge in [-0.3, -0.25) is 0 Å². The van der Waals surface area contributed by atoms with Crippen LogP contribution in [-0.4, -0.2) is 19.1 Å². The molecule has 0 bridgehead atoms. The van der Waals surface area contributed by atoms with Crippen LogP contribution >= 0.6 is 46.4 Å². The summed E-state index contributed by atoms with van der Waals surface area (Å²) in [5, 5.41) is 1.73. The predicted octanol–water partition coefficient (Wildman–Crippen LogP) is 4.95. The van der Waals surface area contributed by atoms with Crippen molar-refractivity contribution in [3.8, 4) is 0 Å². The molecule has 0 atom stereocenters. The zero-order chi connectivity index (χ0) is 14.5. The van der Waals surface area contributed by atoms with E-state index < -0.39 is 0 Å². The van der Waals surface area contributed by atoms with E-state index in [1.54, 1.807) is 12.7 Å². The molecule has 0 spiro atoms. The minimum atomic E-state index is 0.360. The van der Waals surface area contributed by atoms with Gasteiger partial charge in [0.05, 0.1) is 12.7 Å². The van der Waals surface area contributed by atoms with Gasteiger partial charge in [-0.05, 0) is 12.8 Å². The van der Waals surface area contributed by atoms with E-state index in [-0.39, 0.29) is 0 Å². The third kappa shape index (κ3) is 4.04. The number of rotatable bonds is 7. The van der Waals surface area contributed by atoms with Crippen LogP contribution in [0.15, 0.2) is 12.7 Å². The molecule has 0 fully saturated rings. The maximum absolute atomic E-state index is 5.98. The molecule has 2 heterocycles. The molecule has 20 heavy (non-hydrogen) atoms. The van der Waals surface area contributed by atoms with Crippen molar-refractivity contribution in [2.24, 2.45) is 0 Å². The van der Waals surface area contributed by atoms with Crippen LogP contribution in [0.2, 0.25) is 20.6 Å². The highest BCUT2D eigenvalue weighted by molar-refractivity contribution is 6.41. The molecular weight excluding hydrogens is 342 g/mol. The molecule has 0 aromatic carbocycles. The Morgan fingerprint density at radius 1 is 0.700 bits per heavy atom. The minimum absolute atomic E-state index is 0.360. The number of hydrogen-bond acceptors (Lipinski definition) is 2. The molecule has 0 N–H and O–H groups in total. The average Bonchev–Trinajstić information content (AvgIpc) is 2.92. The molecule has 0 amide bonds. The number of halogens is 4. The molecule has 2 aromatic rings. The lowest BCUT2D eigenvalue weighted by atomic mass is 10.2. The van der Waals surface area contributed by atoms with Crippen molar-refractivity contribution in [1.82, 2.24) is 19.1 Å². The maximum atomic E-state index is 5.98. The van der Waals surface area contributed by atoms with Gasteiger partial charge in [0.1, 0.15) is 10.3 Å². The zero-order valence-electron chi connectivity index (χ0n) is 10.7. The van der Waals surface area contributed by atoms with Crippen LogP contribution in [0.1, 0.15) is 25.7 Å². The largest absolute Gasteiger partial charge is 0.320 e. The molecule has 0 unspecified atom stereocenters. The van der Waals surface area contributed by atoms with Gasteiger partial charge in [0.2, 0.25) is 0 Å². The molecule has 8 heteroatoms. The van der Waals surface area contributed by atoms with Crippen molar-refractivity contribution in [3.05, 3.63) is 33.3 Å². The van der Waals surface area contributed by atoms with Gasteiger partial charge in [-0.15, -0.1) is 0 Å². The zero-order valence-corrected chi connectivity index (χ0v) is 13.7. The van der Waals surface area contributed by atoms with Crippen molar-refractivity contribution in [2.45, 2.75) is 38.8 Å². The number of aryl methyl sites for hydroxylation is 2. The molecule has 0 saturated heterocycles. The fourth-order valence-corrected chi connectivity index (χ4v) is 2.57. The summed E-state index contributed by atoms with van der Waals surface area (Å²) < 4.78 is 3.72. The minimum Gasteiger partial charge on any atom is -0.320 e. The Morgan fingerprint density at radius 2 is 1.10 bits per heavy atom. The van der Waals surface area contributed by atoms with E-state index >= 15 is 0 Å². The van der Waals surface area contributed by atoms with Gasteiger partial charge in [0.15, 0.2) is 10.3 Å². The molecule has 4 nitrogen and oxygen atoms in total. The van der Waals surface area contributed by atoms with Gasteiger partial charge < -0.3 is 9.13 Å². The van der Waals surface area contributed by atoms with Crippen molar-refractivity contribution < 1.29 is 0 Å². The van der Waals surface area contributed by atoms with Crippen LogP contribution in [0.5, 0.6) is 0 Å². The molecule has 0 saturated carbocycles. The van der Waals surface area contributed by atoms with Gasteiger partial charge in [-0.2, -0.15) is 0 Å². The molecule has 110 valence electrons. The van der Waals surface area contributed by atoms with Crippen molar-refractivity contribution >= 4 is 46.4 Å². The van der Waals surface area contributed by atoms with Crippen LogP contribution in [0.4, 0.5) is 0 Å². The Hall–Kier alpha value is -0.420. The SMILES string of the molecule is Clc1ncn(CCCCCCn2cnc(Cl)c2Cl)c1Cl. The molecule has 0 radical (unpaired) electrons. The average molecular weight is 356 g/mol. The lowest BCUT2D eigenvalue weighted by molar-refractivity contribution is 0.539. The van der Waals surface area contributed by atoms with Crippen LogP contribution in [0.25, 0.3) is 0 Å². The maximum Gasteiger partial charge on any atom is 0.166 e. The van der Waals surface area contributed by atoms with Gasteiger partial charge in [-0.25, -0.2) is 9.97 Å². The Kier molecular flexibility index (Phi) is 6.02. The highest BCUT2D eigenvalue weighted by Crippen LogP contribution is 2.21. The Bertz CT molecular complexity index is 514. The van der Waals surface area contributed by atoms with Crippen LogP contribution < -0.4 is 0 Å². The first kappa shape index (κ1) is 16.0. The third-order valence-corrected chi connectivity index (χ3v) is 4.55. The molecule has 0 aliphatic heterocycles. The van der Waals surface area contributed by atoms with E-state index in [2.05, 4.69) is 9.97 Å². The summed E-state index contributed by atoms with van der Waals surface area (Å²) in [5.74, 6) is 0. The van der Waals surface area contributed by atoms with Gasteiger partial charge in [0.25, 0.3) is 0 Å². The second-order valence-electron chi connectivity index (χ2n) is 4.45. The first-order valence-corrected chi connectivity index (χ1v) is 7.83. The quantitative estimate of drug-likeness (QED) is 0.658. The summed E-state index contributed by atoms with van der Waals surface area (Å²) in [6.45, 7) is 1.66. The monoisotopic (exact) mass is 354 g/mol. The van der Waals surface area contributed by atoms with E-state index in [1.807, 2.05) is 9.13 Å². The first-order chi connectivity index (χ1) is 9.59. The van der Waals surface area contributed by atoms with E-state index in [0.717, 1.165) is 38.8 Å². The first-order valence-electron chi connectivity index (χ1n) is 6.32. The van der Waals surface area contributed by atoms with Crippen molar-refractivity contribution in [3.63, 3.8) is 0 Å². The van der Waals surface area contributed by atoms with Gasteiger partial charge >= 0.3 is 0 Å². The standard InChI is InChI=1S/C12H14Cl4N4/c13-9-11(15)19(7-17-9)5-3-1-2-4-6-20-8-18-10(14)12(20)16/h7-8H,1-6H2. The summed E-state index contributed by atoms with van der Waals surface area (Å²) in [7, 11) is 0. The lowest BCUT2D eigenvalue weighted by Crippen LogP contribution is -1.98. The molecule has 2 rings (SSSR count). The summed E-state index contributed by atoms with van der Waals surface area (Å²) in [6, 6.07) is 0. The smallest absolute Gasteiger partial charge is 0.166 e. The Balaban J connectivity index is 1.63. The number of nitrogens with zero attached hydrogens (tertiary/aromatic N) is 4. The topological polar surface area (TPSA) is 35.6 Å². The molecule has 0 aliphatic rings. The van der Waals surface area contributed by atoms with E-state index in [4.69, 9.17) is 46.4 Å².